The number of carbonyl (C=O) groups excluding carboxylic acids is 2. The molecule has 0 saturated carbocycles. The molecule has 0 bridgehead atoms. The molecule has 0 fully saturated rings. The van der Waals surface area contributed by atoms with E-state index < -0.39 is 0 Å². The second kappa shape index (κ2) is 10.1. The summed E-state index contributed by atoms with van der Waals surface area (Å²) in [6.07, 6.45) is 0. The van der Waals surface area contributed by atoms with Crippen LogP contribution in [0.2, 0.25) is 0 Å². The number of aromatic nitrogens is 1. The Morgan fingerprint density at radius 2 is 1.45 bits per heavy atom. The number of benzene rings is 3. The van der Waals surface area contributed by atoms with E-state index >= 15 is 0 Å². The zero-order valence-electron chi connectivity index (χ0n) is 18.6. The molecule has 8 heteroatoms. The lowest BCUT2D eigenvalue weighted by atomic mass is 10.1. The lowest BCUT2D eigenvalue weighted by Crippen LogP contribution is -2.19. The lowest BCUT2D eigenvalue weighted by molar-refractivity contribution is -0.113. The number of rotatable bonds is 6. The summed E-state index contributed by atoms with van der Waals surface area (Å²) in [5, 5.41) is 8.63. The van der Waals surface area contributed by atoms with Crippen LogP contribution < -0.4 is 16.0 Å². The number of anilines is 3. The fourth-order valence-electron chi connectivity index (χ4n) is 3.34. The summed E-state index contributed by atoms with van der Waals surface area (Å²) in [4.78, 5) is 29.2. The average molecular weight is 477 g/mol. The van der Waals surface area contributed by atoms with Gasteiger partial charge in [-0.2, -0.15) is 0 Å². The fraction of sp³-hybridized carbons (Fsp3) is 0.160. The first kappa shape index (κ1) is 22.8. The van der Waals surface area contributed by atoms with Crippen molar-refractivity contribution in [3.05, 3.63) is 77.4 Å². The third-order valence-corrected chi connectivity index (χ3v) is 6.93. The summed E-state index contributed by atoms with van der Waals surface area (Å²) >= 11 is 2.89. The van der Waals surface area contributed by atoms with Crippen LogP contribution in [0.15, 0.2) is 65.0 Å². The molecule has 33 heavy (non-hydrogen) atoms. The Morgan fingerprint density at radius 1 is 0.788 bits per heavy atom. The number of thiazole rings is 1. The molecule has 3 aromatic carbocycles. The number of amides is 3. The van der Waals surface area contributed by atoms with Crippen LogP contribution in [0.25, 0.3) is 10.2 Å². The summed E-state index contributed by atoms with van der Waals surface area (Å²) in [6.45, 7) is 6.00. The highest BCUT2D eigenvalue weighted by Crippen LogP contribution is 2.31. The molecular weight excluding hydrogens is 452 g/mol. The maximum absolute atomic E-state index is 12.4. The Kier molecular flexibility index (Phi) is 6.96. The molecule has 3 N–H and O–H groups in total. The Hall–Kier alpha value is -3.36. The lowest BCUT2D eigenvalue weighted by Gasteiger charge is -2.09. The molecule has 0 aliphatic heterocycles. The predicted octanol–water partition coefficient (Wildman–Crippen LogP) is 6.60. The van der Waals surface area contributed by atoms with Gasteiger partial charge in [-0.15, -0.1) is 11.3 Å². The molecule has 1 heterocycles. The topological polar surface area (TPSA) is 83.1 Å². The van der Waals surface area contributed by atoms with Gasteiger partial charge in [-0.3, -0.25) is 4.79 Å². The molecule has 1 aromatic heterocycles. The minimum absolute atomic E-state index is 0.0754. The number of aryl methyl sites for hydroxylation is 3. The van der Waals surface area contributed by atoms with Crippen molar-refractivity contribution >= 4 is 62.3 Å². The quantitative estimate of drug-likeness (QED) is 0.274. The van der Waals surface area contributed by atoms with Gasteiger partial charge < -0.3 is 16.0 Å². The number of hydrogen-bond acceptors (Lipinski definition) is 5. The van der Waals surface area contributed by atoms with Crippen molar-refractivity contribution in [3.8, 4) is 0 Å². The number of fused-ring (bicyclic) bond motifs is 1. The molecule has 0 radical (unpaired) electrons. The number of carbonyl (C=O) groups is 2. The van der Waals surface area contributed by atoms with Gasteiger partial charge >= 0.3 is 6.03 Å². The number of nitrogens with zero attached hydrogens (tertiary/aromatic N) is 1. The third-order valence-electron chi connectivity index (χ3n) is 4.77. The minimum atomic E-state index is -0.300. The van der Waals surface area contributed by atoms with Gasteiger partial charge in [0.2, 0.25) is 5.91 Å². The molecule has 0 aliphatic rings. The molecule has 6 nitrogen and oxygen atoms in total. The van der Waals surface area contributed by atoms with E-state index in [4.69, 9.17) is 0 Å². The maximum Gasteiger partial charge on any atom is 0.323 e. The summed E-state index contributed by atoms with van der Waals surface area (Å²) in [7, 11) is 0. The Morgan fingerprint density at radius 3 is 2.18 bits per heavy atom. The van der Waals surface area contributed by atoms with Crippen molar-refractivity contribution in [1.29, 1.82) is 0 Å². The van der Waals surface area contributed by atoms with Gasteiger partial charge in [0.1, 0.15) is 0 Å². The van der Waals surface area contributed by atoms with Crippen LogP contribution in [-0.4, -0.2) is 22.7 Å². The van der Waals surface area contributed by atoms with E-state index in [2.05, 4.69) is 27.0 Å². The van der Waals surface area contributed by atoms with Gasteiger partial charge in [0.15, 0.2) is 4.34 Å². The molecule has 0 atom stereocenters. The summed E-state index contributed by atoms with van der Waals surface area (Å²) < 4.78 is 1.75. The largest absolute Gasteiger partial charge is 0.325 e. The second-order valence-corrected chi connectivity index (χ2v) is 10.1. The number of thioether (sulfide) groups is 1. The summed E-state index contributed by atoms with van der Waals surface area (Å²) in [5.41, 5.74) is 6.39. The monoisotopic (exact) mass is 476 g/mol. The van der Waals surface area contributed by atoms with Crippen LogP contribution >= 0.6 is 23.1 Å². The van der Waals surface area contributed by atoms with Gasteiger partial charge in [-0.05, 0) is 74.4 Å². The molecule has 4 rings (SSSR count). The van der Waals surface area contributed by atoms with Crippen LogP contribution in [0, 0.1) is 20.8 Å². The minimum Gasteiger partial charge on any atom is -0.325 e. The van der Waals surface area contributed by atoms with Crippen molar-refractivity contribution < 1.29 is 9.59 Å². The average Bonchev–Trinajstić information content (AvgIpc) is 3.15. The summed E-state index contributed by atoms with van der Waals surface area (Å²) in [5.74, 6) is 0.199. The van der Waals surface area contributed by atoms with Gasteiger partial charge in [0.05, 0.1) is 16.0 Å². The van der Waals surface area contributed by atoms with E-state index in [1.165, 1.54) is 23.1 Å². The van der Waals surface area contributed by atoms with Crippen molar-refractivity contribution in [2.24, 2.45) is 0 Å². The molecule has 4 aromatic rings. The Labute approximate surface area is 200 Å². The van der Waals surface area contributed by atoms with Gasteiger partial charge in [0, 0.05) is 17.1 Å². The normalized spacial score (nSPS) is 10.8. The van der Waals surface area contributed by atoms with Crippen LogP contribution in [0.5, 0.6) is 0 Å². The van der Waals surface area contributed by atoms with E-state index in [0.717, 1.165) is 42.6 Å². The molecule has 0 unspecified atom stereocenters. The highest BCUT2D eigenvalue weighted by atomic mass is 32.2. The predicted molar refractivity (Wildman–Crippen MR) is 139 cm³/mol. The summed E-state index contributed by atoms with van der Waals surface area (Å²) in [6, 6.07) is 18.9. The highest BCUT2D eigenvalue weighted by Gasteiger charge is 2.10. The van der Waals surface area contributed by atoms with Crippen LogP contribution in [-0.2, 0) is 4.79 Å². The first-order valence-corrected chi connectivity index (χ1v) is 12.2. The molecule has 3 amide bonds. The zero-order valence-corrected chi connectivity index (χ0v) is 20.2. The second-order valence-electron chi connectivity index (χ2n) is 7.82. The van der Waals surface area contributed by atoms with Crippen molar-refractivity contribution in [3.63, 3.8) is 0 Å². The molecule has 0 spiro atoms. The number of nitrogens with one attached hydrogen (secondary N) is 3. The SMILES string of the molecule is Cc1ccc(NC(=O)CSc2nc3ccc(NC(=O)Nc4cc(C)cc(C)c4)cc3s2)cc1. The van der Waals surface area contributed by atoms with Gasteiger partial charge in [0.25, 0.3) is 0 Å². The molecule has 0 aliphatic carbocycles. The van der Waals surface area contributed by atoms with E-state index in [-0.39, 0.29) is 17.7 Å². The highest BCUT2D eigenvalue weighted by molar-refractivity contribution is 8.01. The molecular formula is C25H24N4O2S2. The van der Waals surface area contributed by atoms with Crippen molar-refractivity contribution in [2.75, 3.05) is 21.7 Å². The molecule has 168 valence electrons. The van der Waals surface area contributed by atoms with E-state index in [0.29, 0.717) is 5.69 Å². The smallest absolute Gasteiger partial charge is 0.323 e. The van der Waals surface area contributed by atoms with E-state index in [9.17, 15) is 9.59 Å². The Bertz CT molecular complexity index is 1300. The molecule has 0 saturated heterocycles. The van der Waals surface area contributed by atoms with E-state index in [1.807, 2.05) is 75.4 Å². The Balaban J connectivity index is 1.35. The van der Waals surface area contributed by atoms with Crippen LogP contribution in [0.3, 0.4) is 0 Å². The standard InChI is InChI=1S/C25H24N4O2S2/c1-15-4-6-18(7-5-15)26-23(30)14-32-25-29-21-9-8-19(13-22(21)33-25)27-24(31)28-20-11-16(2)10-17(3)12-20/h4-13H,14H2,1-3H3,(H,26,30)(H2,27,28,31). The third kappa shape index (κ3) is 6.34. The fourth-order valence-corrected chi connectivity index (χ4v) is 5.25. The van der Waals surface area contributed by atoms with E-state index in [1.54, 1.807) is 0 Å². The van der Waals surface area contributed by atoms with Gasteiger partial charge in [-0.25, -0.2) is 9.78 Å². The first-order valence-electron chi connectivity index (χ1n) is 10.4. The van der Waals surface area contributed by atoms with Crippen molar-refractivity contribution in [2.45, 2.75) is 25.1 Å². The van der Waals surface area contributed by atoms with Crippen LogP contribution in [0.4, 0.5) is 21.9 Å². The first-order chi connectivity index (χ1) is 15.8. The number of hydrogen-bond donors (Lipinski definition) is 3. The number of urea groups is 1. The van der Waals surface area contributed by atoms with Crippen LogP contribution in [0.1, 0.15) is 16.7 Å². The van der Waals surface area contributed by atoms with Gasteiger partial charge in [-0.1, -0.05) is 35.5 Å². The zero-order chi connectivity index (χ0) is 23.4. The van der Waals surface area contributed by atoms with Crippen molar-refractivity contribution in [1.82, 2.24) is 4.98 Å². The maximum atomic E-state index is 12.4.